The minimum absolute atomic E-state index is 0.139. The smallest absolute Gasteiger partial charge is 0.287 e. The van der Waals surface area contributed by atoms with Crippen LogP contribution in [-0.2, 0) is 0 Å². The maximum atomic E-state index is 10.5. The summed E-state index contributed by atoms with van der Waals surface area (Å²) in [6.07, 6.45) is 2.22. The molecule has 0 aromatic carbocycles. The first-order valence-corrected chi connectivity index (χ1v) is 2.62. The topological polar surface area (TPSA) is 52.1 Å². The maximum Gasteiger partial charge on any atom is 0.287 e. The van der Waals surface area contributed by atoms with E-state index in [1.807, 2.05) is 0 Å². The van der Waals surface area contributed by atoms with E-state index in [-0.39, 0.29) is 4.64 Å². The second-order valence-corrected chi connectivity index (χ2v) is 1.89. The second kappa shape index (κ2) is 2.02. The van der Waals surface area contributed by atoms with Crippen molar-refractivity contribution in [2.45, 2.75) is 0 Å². The number of rotatable bonds is 0. The van der Waals surface area contributed by atoms with Gasteiger partial charge in [-0.25, -0.2) is 4.73 Å². The molecule has 5 heteroatoms. The molecule has 0 radical (unpaired) electrons. The molecule has 1 rings (SSSR count). The number of hydrogen-bond donors (Lipinski definition) is 1. The molecule has 1 heterocycles. The van der Waals surface area contributed by atoms with E-state index in [2.05, 4.69) is 12.2 Å². The van der Waals surface area contributed by atoms with Crippen LogP contribution in [-0.4, -0.2) is 9.94 Å². The molecule has 0 fully saturated rings. The second-order valence-electron chi connectivity index (χ2n) is 1.48. The van der Waals surface area contributed by atoms with Crippen LogP contribution in [0.3, 0.4) is 0 Å². The maximum absolute atomic E-state index is 10.5. The summed E-state index contributed by atoms with van der Waals surface area (Å²) in [7, 11) is 0. The molecule has 0 spiro atoms. The zero-order valence-electron chi connectivity index (χ0n) is 4.39. The van der Waals surface area contributed by atoms with Crippen LogP contribution < -0.4 is 4.73 Å². The summed E-state index contributed by atoms with van der Waals surface area (Å²) in [5.74, 6) is 0. The van der Waals surface area contributed by atoms with Gasteiger partial charge < -0.3 is 10.4 Å². The van der Waals surface area contributed by atoms with Gasteiger partial charge in [0.25, 0.3) is 6.33 Å². The van der Waals surface area contributed by atoms with Gasteiger partial charge >= 0.3 is 0 Å². The quantitative estimate of drug-likeness (QED) is 0.243. The van der Waals surface area contributed by atoms with Crippen molar-refractivity contribution in [3.05, 3.63) is 28.4 Å². The van der Waals surface area contributed by atoms with E-state index in [4.69, 9.17) is 5.21 Å². The molecule has 1 aromatic rings. The van der Waals surface area contributed by atoms with E-state index in [9.17, 15) is 5.21 Å². The van der Waals surface area contributed by atoms with Gasteiger partial charge in [0.2, 0.25) is 0 Å². The summed E-state index contributed by atoms with van der Waals surface area (Å²) in [5, 5.41) is 19.1. The monoisotopic (exact) mass is 144 g/mol. The van der Waals surface area contributed by atoms with Crippen molar-refractivity contribution in [2.75, 3.05) is 0 Å². The van der Waals surface area contributed by atoms with Crippen molar-refractivity contribution in [1.29, 1.82) is 0 Å². The summed E-state index contributed by atoms with van der Waals surface area (Å²) in [5.41, 5.74) is 0. The highest BCUT2D eigenvalue weighted by molar-refractivity contribution is 7.71. The lowest BCUT2D eigenvalue weighted by molar-refractivity contribution is -0.620. The van der Waals surface area contributed by atoms with Gasteiger partial charge in [0.15, 0.2) is 4.64 Å². The molecule has 0 atom stereocenters. The molecule has 0 aliphatic rings. The minimum atomic E-state index is 0.139. The predicted octanol–water partition coefficient (Wildman–Crippen LogP) is 0.0883. The average molecular weight is 144 g/mol. The highest BCUT2D eigenvalue weighted by Gasteiger charge is 1.89. The summed E-state index contributed by atoms with van der Waals surface area (Å²) >= 11 is 4.54. The molecule has 9 heavy (non-hydrogen) atoms. The molecule has 1 N–H and O–H groups in total. The van der Waals surface area contributed by atoms with Crippen LogP contribution in [0.5, 0.6) is 0 Å². The Hall–Kier alpha value is -1.10. The van der Waals surface area contributed by atoms with Gasteiger partial charge in [-0.2, -0.15) is 0 Å². The number of hydrogen-bond acceptors (Lipinski definition) is 3. The van der Waals surface area contributed by atoms with Crippen LogP contribution in [0.15, 0.2) is 18.6 Å². The largest absolute Gasteiger partial charge is 0.710 e. The third kappa shape index (κ3) is 1.17. The summed E-state index contributed by atoms with van der Waals surface area (Å²) in [6.45, 7) is 0. The molecule has 1 aromatic heterocycles. The highest BCUT2D eigenvalue weighted by atomic mass is 32.1. The Morgan fingerprint density at radius 1 is 1.78 bits per heavy atom. The van der Waals surface area contributed by atoms with Gasteiger partial charge in [-0.3, -0.25) is 0 Å². The predicted molar refractivity (Wildman–Crippen MR) is 31.4 cm³/mol. The Bertz CT molecular complexity index is 270. The fourth-order valence-electron chi connectivity index (χ4n) is 0.416. The first-order valence-electron chi connectivity index (χ1n) is 2.21. The lowest BCUT2D eigenvalue weighted by Gasteiger charge is -1.97. The van der Waals surface area contributed by atoms with Crippen molar-refractivity contribution in [3.8, 4) is 0 Å². The fraction of sp³-hybridized carbons (Fsp3) is 0. The summed E-state index contributed by atoms with van der Waals surface area (Å²) < 4.78 is 1.18. The third-order valence-electron chi connectivity index (χ3n) is 0.810. The molecule has 0 saturated heterocycles. The third-order valence-corrected chi connectivity index (χ3v) is 1.13. The first-order chi connectivity index (χ1) is 4.20. The van der Waals surface area contributed by atoms with E-state index < -0.39 is 0 Å². The van der Waals surface area contributed by atoms with Crippen molar-refractivity contribution in [2.24, 2.45) is 0 Å². The molecule has 0 amide bonds. The van der Waals surface area contributed by atoms with E-state index in [0.717, 1.165) is 6.33 Å². The van der Waals surface area contributed by atoms with Crippen LogP contribution in [0.1, 0.15) is 0 Å². The minimum Gasteiger partial charge on any atom is -0.710 e. The van der Waals surface area contributed by atoms with E-state index in [1.165, 1.54) is 12.3 Å². The van der Waals surface area contributed by atoms with Crippen molar-refractivity contribution in [3.63, 3.8) is 0 Å². The van der Waals surface area contributed by atoms with Crippen LogP contribution in [0.25, 0.3) is 0 Å². The van der Waals surface area contributed by atoms with Gasteiger partial charge in [0.05, 0.1) is 0 Å². The van der Waals surface area contributed by atoms with Gasteiger partial charge in [0.1, 0.15) is 6.20 Å². The van der Waals surface area contributed by atoms with Gasteiger partial charge in [-0.05, 0) is 12.2 Å². The van der Waals surface area contributed by atoms with Crippen molar-refractivity contribution >= 4 is 12.2 Å². The summed E-state index contributed by atoms with van der Waals surface area (Å²) in [4.78, 5) is 0. The summed E-state index contributed by atoms with van der Waals surface area (Å²) in [6, 6.07) is 1.34. The molecule has 48 valence electrons. The lowest BCUT2D eigenvalue weighted by Crippen LogP contribution is -2.29. The Morgan fingerprint density at radius 3 is 2.89 bits per heavy atom. The zero-order valence-corrected chi connectivity index (χ0v) is 5.21. The number of aromatic nitrogens is 2. The first kappa shape index (κ1) is 6.03. The van der Waals surface area contributed by atoms with Gasteiger partial charge in [-0.15, -0.1) is 0 Å². The van der Waals surface area contributed by atoms with Crippen molar-refractivity contribution < 1.29 is 9.94 Å². The molecular weight excluding hydrogens is 140 g/mol. The Labute approximate surface area is 56.1 Å². The Morgan fingerprint density at radius 2 is 2.44 bits per heavy atom. The fourth-order valence-corrected chi connectivity index (χ4v) is 0.524. The SMILES string of the molecule is [O-][n+]1cn(O)ccc1=S. The molecule has 0 bridgehead atoms. The number of nitrogens with zero attached hydrogens (tertiary/aromatic N) is 2. The molecular formula is C4H4N2O2S. The normalized spacial score (nSPS) is 9.33. The molecule has 4 nitrogen and oxygen atoms in total. The Kier molecular flexibility index (Phi) is 1.35. The van der Waals surface area contributed by atoms with Gasteiger partial charge in [0, 0.05) is 6.07 Å². The van der Waals surface area contributed by atoms with Gasteiger partial charge in [-0.1, -0.05) is 4.73 Å². The van der Waals surface area contributed by atoms with E-state index >= 15 is 0 Å². The lowest BCUT2D eigenvalue weighted by atomic mass is 10.7. The molecule has 0 aliphatic heterocycles. The van der Waals surface area contributed by atoms with E-state index in [1.54, 1.807) is 0 Å². The van der Waals surface area contributed by atoms with Crippen LogP contribution in [0.4, 0.5) is 0 Å². The molecule has 0 unspecified atom stereocenters. The average Bonchev–Trinajstić information content (AvgIpc) is 1.80. The van der Waals surface area contributed by atoms with Crippen LogP contribution in [0, 0.1) is 9.85 Å². The highest BCUT2D eigenvalue weighted by Crippen LogP contribution is 1.79. The van der Waals surface area contributed by atoms with E-state index in [0.29, 0.717) is 9.46 Å². The zero-order chi connectivity index (χ0) is 6.85. The van der Waals surface area contributed by atoms with Crippen LogP contribution >= 0.6 is 12.2 Å². The van der Waals surface area contributed by atoms with Crippen molar-refractivity contribution in [1.82, 2.24) is 4.73 Å². The standard InChI is InChI=1S/C4H4N2O2S/c7-5-2-1-4(9)6(8)3-5/h1-3,7H. The Balaban J connectivity index is 3.34. The van der Waals surface area contributed by atoms with Crippen LogP contribution in [0.2, 0.25) is 0 Å². The molecule has 0 saturated carbocycles. The molecule has 0 aliphatic carbocycles.